The molecular formula is C23H45N3O10P2. The van der Waals surface area contributed by atoms with Gasteiger partial charge in [0, 0.05) is 19.2 Å². The lowest BCUT2D eigenvalue weighted by Gasteiger charge is -2.31. The first-order valence-corrected chi connectivity index (χ1v) is 16.1. The van der Waals surface area contributed by atoms with E-state index in [9.17, 15) is 33.6 Å². The minimum atomic E-state index is -5.38. The van der Waals surface area contributed by atoms with E-state index in [1.54, 1.807) is 0 Å². The molecule has 0 radical (unpaired) electrons. The van der Waals surface area contributed by atoms with Crippen molar-refractivity contribution < 1.29 is 47.9 Å². The number of ketones is 1. The fourth-order valence-corrected chi connectivity index (χ4v) is 7.16. The Morgan fingerprint density at radius 1 is 1.03 bits per heavy atom. The number of hydroxylamine groups is 2. The zero-order valence-corrected chi connectivity index (χ0v) is 24.4. The number of aliphatic hydroxyl groups excluding tert-OH is 2. The Labute approximate surface area is 225 Å². The molecule has 4 atom stereocenters. The molecule has 15 heteroatoms. The number of hydrogen-bond donors (Lipinski definition) is 5. The third kappa shape index (κ3) is 12.5. The van der Waals surface area contributed by atoms with E-state index in [0.29, 0.717) is 6.42 Å². The maximum Gasteiger partial charge on any atom is 0.432 e. The monoisotopic (exact) mass is 585 g/mol. The van der Waals surface area contributed by atoms with Crippen molar-refractivity contribution in [3.05, 3.63) is 11.6 Å². The highest BCUT2D eigenvalue weighted by Crippen LogP contribution is 2.64. The number of carbonyl (C=O) groups excluding carboxylic acids is 2. The van der Waals surface area contributed by atoms with Gasteiger partial charge in [0.05, 0.1) is 13.2 Å². The van der Waals surface area contributed by atoms with Crippen LogP contribution in [0.25, 0.3) is 0 Å². The molecule has 1 rings (SSSR count). The Balaban J connectivity index is 2.54. The van der Waals surface area contributed by atoms with Crippen LogP contribution in [0.5, 0.6) is 0 Å². The number of Topliss-reactive ketones (excluding diaryl/α,β-unsaturated/α-hetero) is 1. The molecule has 0 spiro atoms. The van der Waals surface area contributed by atoms with E-state index in [2.05, 4.69) is 13.8 Å². The van der Waals surface area contributed by atoms with Crippen molar-refractivity contribution in [3.8, 4) is 0 Å². The molecule has 38 heavy (non-hydrogen) atoms. The lowest BCUT2D eigenvalue weighted by molar-refractivity contribution is -0.124. The number of hydrogen-bond acceptors (Lipinski definition) is 9. The molecule has 4 unspecified atom stereocenters. The molecule has 1 aliphatic rings. The van der Waals surface area contributed by atoms with Gasteiger partial charge in [0.15, 0.2) is 11.9 Å². The van der Waals surface area contributed by atoms with Crippen molar-refractivity contribution in [1.29, 1.82) is 0 Å². The molecule has 0 aromatic heterocycles. The molecule has 0 heterocycles. The number of primary amides is 1. The highest BCUT2D eigenvalue weighted by atomic mass is 31.3. The van der Waals surface area contributed by atoms with Gasteiger partial charge in [-0.3, -0.25) is 14.1 Å². The van der Waals surface area contributed by atoms with Crippen LogP contribution in [0.15, 0.2) is 11.6 Å². The Hall–Kier alpha value is -0.980. The predicted molar refractivity (Wildman–Crippen MR) is 141 cm³/mol. The second-order valence-corrected chi connectivity index (χ2v) is 13.6. The van der Waals surface area contributed by atoms with Crippen LogP contribution < -0.4 is 5.73 Å². The molecule has 0 aromatic carbocycles. The van der Waals surface area contributed by atoms with E-state index in [1.807, 2.05) is 0 Å². The van der Waals surface area contributed by atoms with E-state index in [0.717, 1.165) is 42.7 Å². The van der Waals surface area contributed by atoms with Gasteiger partial charge in [0.25, 0.3) is 0 Å². The van der Waals surface area contributed by atoms with Gasteiger partial charge in [-0.2, -0.15) is 5.06 Å². The number of unbranched alkanes of at least 4 members (excludes halogenated alkanes) is 8. The summed E-state index contributed by atoms with van der Waals surface area (Å²) in [4.78, 5) is 44.5. The molecule has 0 aromatic rings. The van der Waals surface area contributed by atoms with Gasteiger partial charge in [-0.15, -0.1) is 4.44 Å². The Bertz CT molecular complexity index is 886. The maximum absolute atomic E-state index is 12.9. The summed E-state index contributed by atoms with van der Waals surface area (Å²) in [6.45, 7) is 2.74. The van der Waals surface area contributed by atoms with Crippen molar-refractivity contribution >= 4 is 27.2 Å². The van der Waals surface area contributed by atoms with E-state index in [-0.39, 0.29) is 16.6 Å². The molecule has 6 N–H and O–H groups in total. The minimum absolute atomic E-state index is 0.142. The summed E-state index contributed by atoms with van der Waals surface area (Å²) >= 11 is 0. The normalized spacial score (nSPS) is 21.2. The largest absolute Gasteiger partial charge is 0.432 e. The number of aliphatic hydroxyl groups is 2. The summed E-state index contributed by atoms with van der Waals surface area (Å²) in [6, 6.07) is 0. The zero-order chi connectivity index (χ0) is 28.9. The van der Waals surface area contributed by atoms with Gasteiger partial charge in [0.1, 0.15) is 6.10 Å². The van der Waals surface area contributed by atoms with Gasteiger partial charge in [-0.05, 0) is 18.4 Å². The van der Waals surface area contributed by atoms with Crippen LogP contribution in [-0.4, -0.2) is 80.1 Å². The number of rotatable bonds is 21. The average Bonchev–Trinajstić information content (AvgIpc) is 3.07. The lowest BCUT2D eigenvalue weighted by atomic mass is 10.0. The maximum atomic E-state index is 12.9. The van der Waals surface area contributed by atoms with Crippen molar-refractivity contribution in [2.75, 3.05) is 26.7 Å². The smallest absolute Gasteiger partial charge is 0.392 e. The molecule has 1 amide bonds. The standard InChI is InChI=1S/C23H45N3O10P2/c1-18(2)13-11-9-7-5-4-6-8-10-12-14-25(3)36-38(33,34)26(16-21(24)29)37(31,32)35-23-20(28)15-19(17-27)22(23)30/h15,18,20,23,27-28H,4-14,16-17H2,1-3H3,(H2,24,29)(H,31,32)(H,33,34). The number of carbonyl (C=O) groups is 2. The zero-order valence-electron chi connectivity index (χ0n) is 22.6. The fraction of sp³-hybridized carbons (Fsp3) is 0.826. The molecule has 222 valence electrons. The molecule has 13 nitrogen and oxygen atoms in total. The molecule has 0 fully saturated rings. The van der Waals surface area contributed by atoms with Crippen LogP contribution in [0.2, 0.25) is 0 Å². The number of nitrogens with zero attached hydrogens (tertiary/aromatic N) is 2. The van der Waals surface area contributed by atoms with Crippen LogP contribution in [0, 0.1) is 5.92 Å². The lowest BCUT2D eigenvalue weighted by Crippen LogP contribution is -2.36. The SMILES string of the molecule is CC(C)CCCCCCCCCCCN(C)OP(=O)(O)N(CC(N)=O)P(=O)(O)OC1C(=O)C(CO)=CC1O. The molecule has 1 aliphatic carbocycles. The Kier molecular flexibility index (Phi) is 15.7. The Morgan fingerprint density at radius 3 is 2.03 bits per heavy atom. The number of amides is 1. The van der Waals surface area contributed by atoms with Crippen molar-refractivity contribution in [3.63, 3.8) is 0 Å². The van der Waals surface area contributed by atoms with Crippen LogP contribution >= 0.6 is 15.5 Å². The second kappa shape index (κ2) is 17.0. The Morgan fingerprint density at radius 2 is 1.55 bits per heavy atom. The van der Waals surface area contributed by atoms with Gasteiger partial charge in [0.2, 0.25) is 5.91 Å². The highest BCUT2D eigenvalue weighted by Gasteiger charge is 2.50. The first-order chi connectivity index (χ1) is 17.7. The van der Waals surface area contributed by atoms with Crippen LogP contribution in [0.4, 0.5) is 0 Å². The van der Waals surface area contributed by atoms with Crippen LogP contribution in [-0.2, 0) is 27.9 Å². The third-order valence-electron chi connectivity index (χ3n) is 6.06. The summed E-state index contributed by atoms with van der Waals surface area (Å²) in [7, 11) is -9.21. The molecule has 0 aliphatic heterocycles. The average molecular weight is 586 g/mol. The first kappa shape index (κ1) is 35.0. The quantitative estimate of drug-likeness (QED) is 0.0750. The molecule has 0 saturated carbocycles. The van der Waals surface area contributed by atoms with Gasteiger partial charge in [-0.1, -0.05) is 71.6 Å². The molecular weight excluding hydrogens is 540 g/mol. The predicted octanol–water partition coefficient (Wildman–Crippen LogP) is 2.64. The van der Waals surface area contributed by atoms with E-state index >= 15 is 0 Å². The van der Waals surface area contributed by atoms with Crippen LogP contribution in [0.3, 0.4) is 0 Å². The van der Waals surface area contributed by atoms with Crippen molar-refractivity contribution in [1.82, 2.24) is 9.50 Å². The van der Waals surface area contributed by atoms with Gasteiger partial charge < -0.3 is 25.7 Å². The van der Waals surface area contributed by atoms with Gasteiger partial charge in [-0.25, -0.2) is 13.8 Å². The number of nitrogens with two attached hydrogens (primary N) is 1. The van der Waals surface area contributed by atoms with Gasteiger partial charge >= 0.3 is 15.5 Å². The van der Waals surface area contributed by atoms with Crippen LogP contribution in [0.1, 0.15) is 78.1 Å². The summed E-state index contributed by atoms with van der Waals surface area (Å²) in [5, 5.41) is 20.1. The topological polar surface area (TPSA) is 200 Å². The van der Waals surface area contributed by atoms with E-state index in [1.165, 1.54) is 39.2 Å². The molecule has 0 saturated heterocycles. The fourth-order valence-electron chi connectivity index (χ4n) is 4.01. The first-order valence-electron chi connectivity index (χ1n) is 13.1. The summed E-state index contributed by atoms with van der Waals surface area (Å²) in [5.41, 5.74) is 4.82. The molecule has 0 bridgehead atoms. The third-order valence-corrected chi connectivity index (χ3v) is 9.86. The second-order valence-electron chi connectivity index (χ2n) is 10.0. The summed E-state index contributed by atoms with van der Waals surface area (Å²) < 4.78 is 35.4. The summed E-state index contributed by atoms with van der Waals surface area (Å²) in [6.07, 6.45) is 8.28. The van der Waals surface area contributed by atoms with E-state index < -0.39 is 52.5 Å². The van der Waals surface area contributed by atoms with Crippen molar-refractivity contribution in [2.45, 2.75) is 90.3 Å². The van der Waals surface area contributed by atoms with E-state index in [4.69, 9.17) is 20.0 Å². The van der Waals surface area contributed by atoms with Crippen molar-refractivity contribution in [2.24, 2.45) is 11.7 Å². The minimum Gasteiger partial charge on any atom is -0.392 e. The highest BCUT2D eigenvalue weighted by molar-refractivity contribution is 7.66. The summed E-state index contributed by atoms with van der Waals surface area (Å²) in [5.74, 6) is -1.47.